The Morgan fingerprint density at radius 1 is 0.658 bits per heavy atom. The minimum absolute atomic E-state index is 0.00152. The third kappa shape index (κ3) is 31.9. The van der Waals surface area contributed by atoms with Crippen molar-refractivity contribution in [3.8, 4) is 0 Å². The van der Waals surface area contributed by atoms with Gasteiger partial charge in [-0.2, -0.15) is 0 Å². The maximum absolute atomic E-state index is 14.4. The summed E-state index contributed by atoms with van der Waals surface area (Å²) in [6.07, 6.45) is -3.18. The summed E-state index contributed by atoms with van der Waals surface area (Å²) in [5, 5.41) is 21.2. The normalized spacial score (nSPS) is 20.4. The maximum Gasteiger partial charge on any atom is 0.411 e. The van der Waals surface area contributed by atoms with Gasteiger partial charge in [-0.05, 0) is 124 Å². The number of nitrogens with two attached hydrogens (primary N) is 1. The lowest BCUT2D eigenvalue weighted by molar-refractivity contribution is -0.155. The van der Waals surface area contributed by atoms with Crippen molar-refractivity contribution in [2.24, 2.45) is 29.4 Å². The number of ether oxygens (including phenoxy) is 6. The van der Waals surface area contributed by atoms with Crippen molar-refractivity contribution in [1.29, 1.82) is 0 Å². The molecule has 1 aliphatic rings. The van der Waals surface area contributed by atoms with Crippen LogP contribution in [0.4, 0.5) is 35.3 Å². The second-order valence-electron chi connectivity index (χ2n) is 30.0. The fourth-order valence-electron chi connectivity index (χ4n) is 12.0. The molecule has 0 saturated heterocycles. The Bertz CT molecular complexity index is 4090. The van der Waals surface area contributed by atoms with E-state index in [1.165, 1.54) is 69.7 Å². The molecule has 0 aromatic heterocycles. The number of hydrogen-bond donors (Lipinski definition) is 9. The van der Waals surface area contributed by atoms with Crippen LogP contribution in [0.5, 0.6) is 0 Å². The van der Waals surface area contributed by atoms with Crippen molar-refractivity contribution in [2.75, 3.05) is 65.0 Å². The van der Waals surface area contributed by atoms with Gasteiger partial charge in [-0.15, -0.1) is 0 Å². The molecule has 0 bridgehead atoms. The van der Waals surface area contributed by atoms with Crippen LogP contribution in [-0.4, -0.2) is 212 Å². The predicted octanol–water partition coefficient (Wildman–Crippen LogP) is 8.15. The number of alkyl carbamates (subject to hydrolysis) is 1. The molecule has 10 N–H and O–H groups in total. The molecule has 117 heavy (non-hydrogen) atoms. The number of rotatable bonds is 28. The monoisotopic (exact) mass is 1630 g/mol. The van der Waals surface area contributed by atoms with Gasteiger partial charge in [0.25, 0.3) is 5.91 Å². The lowest BCUT2D eigenvalue weighted by atomic mass is 9.90. The van der Waals surface area contributed by atoms with Crippen LogP contribution in [0.3, 0.4) is 0 Å². The molecular formula is C84H117N13O20. The van der Waals surface area contributed by atoms with Gasteiger partial charge in [0.2, 0.25) is 35.4 Å². The van der Waals surface area contributed by atoms with Gasteiger partial charge in [0.1, 0.15) is 68.3 Å². The van der Waals surface area contributed by atoms with Crippen molar-refractivity contribution >= 4 is 95.1 Å². The minimum atomic E-state index is -1.41. The predicted molar refractivity (Wildman–Crippen MR) is 435 cm³/mol. The molecule has 638 valence electrons. The number of allylic oxidation sites excluding steroid dienone is 1. The highest BCUT2D eigenvalue weighted by molar-refractivity contribution is 5.99. The zero-order valence-corrected chi connectivity index (χ0v) is 69.8. The van der Waals surface area contributed by atoms with E-state index in [1.807, 2.05) is 26.8 Å². The van der Waals surface area contributed by atoms with E-state index in [-0.39, 0.29) is 83.1 Å². The fraction of sp³-hybridized carbons (Fsp3) is 0.500. The number of carbonyl (C=O) groups excluding carboxylic acids is 14. The van der Waals surface area contributed by atoms with Gasteiger partial charge < -0.3 is 91.0 Å². The number of primary amides is 1. The Hall–Kier alpha value is -12.1. The first kappa shape index (κ1) is 95.5. The number of carbonyl (C=O) groups is 14. The van der Waals surface area contributed by atoms with Crippen molar-refractivity contribution in [3.63, 3.8) is 0 Å². The number of benzene rings is 4. The summed E-state index contributed by atoms with van der Waals surface area (Å²) in [7, 11) is 5.68. The third-order valence-corrected chi connectivity index (χ3v) is 19.6. The molecule has 1 aliphatic heterocycles. The van der Waals surface area contributed by atoms with Crippen LogP contribution in [0, 0.1) is 23.7 Å². The zero-order valence-electron chi connectivity index (χ0n) is 69.8. The highest BCUT2D eigenvalue weighted by Gasteiger charge is 2.39. The lowest BCUT2D eigenvalue weighted by Gasteiger charge is -2.33. The molecule has 0 spiro atoms. The first-order valence-corrected chi connectivity index (χ1v) is 39.1. The zero-order chi connectivity index (χ0) is 86.8. The number of urea groups is 1. The standard InChI is InChI=1S/C84H117N13O20/c1-17-52(7)70-75(102)88-57(12)79(106)117-71(53(8)18-2)55(10)66(40-31-54(9)78(105)115-67(44-50(3)4)73(100)87-56(11)76(103)97(16)65(45-58-26-21-19-22-27-58)77(104)96(15)46-68(98)92-70)116-84(111)95(14)43-42-94(13)83(110)114-49-61-34-38-63(39-35-61)90-81(108)112-48-60-32-36-62(37-33-60)89-72(99)64(30-25-41-86-80(85)107)91-74(101)69(51(5)6)93-82(109)113-47-59-28-23-20-24-29-59/h18-24,26-29,31-39,50-52,55-57,64-67,69-71H,17,25,30,40-49H2,1-16H3,(H,87,100)(H,88,102)(H,89,99)(H,90,108)(H,91,101)(H,92,98)(H,93,109)(H3,85,86,107)/b53-18+,54-31+/t52?,55-,56-,57+,64-,65+,66-,67+,69-,70-,71+/m0/s1. The lowest BCUT2D eigenvalue weighted by Crippen LogP contribution is -2.57. The van der Waals surface area contributed by atoms with Gasteiger partial charge in [-0.1, -0.05) is 152 Å². The van der Waals surface area contributed by atoms with Gasteiger partial charge >= 0.3 is 42.3 Å². The van der Waals surface area contributed by atoms with E-state index < -0.39 is 163 Å². The van der Waals surface area contributed by atoms with Gasteiger partial charge in [0, 0.05) is 83.5 Å². The van der Waals surface area contributed by atoms with Gasteiger partial charge in [-0.3, -0.25) is 38.9 Å². The number of anilines is 2. The number of nitrogens with one attached hydrogen (secondary N) is 8. The molecule has 0 radical (unpaired) electrons. The molecule has 5 rings (SSSR count). The largest absolute Gasteiger partial charge is 0.456 e. The van der Waals surface area contributed by atoms with Gasteiger partial charge in [0.05, 0.1) is 6.54 Å². The molecule has 1 heterocycles. The van der Waals surface area contributed by atoms with E-state index >= 15 is 0 Å². The smallest absolute Gasteiger partial charge is 0.411 e. The molecule has 0 aliphatic carbocycles. The van der Waals surface area contributed by atoms with Crippen LogP contribution in [0.1, 0.15) is 137 Å². The van der Waals surface area contributed by atoms with Crippen molar-refractivity contribution in [1.82, 2.24) is 51.5 Å². The summed E-state index contributed by atoms with van der Waals surface area (Å²) in [6, 6.07) is 22.7. The van der Waals surface area contributed by atoms with E-state index in [1.54, 1.807) is 151 Å². The van der Waals surface area contributed by atoms with Gasteiger partial charge in [-0.25, -0.2) is 33.6 Å². The minimum Gasteiger partial charge on any atom is -0.456 e. The first-order chi connectivity index (χ1) is 55.4. The number of esters is 2. The Labute approximate surface area is 684 Å². The van der Waals surface area contributed by atoms with E-state index in [4.69, 9.17) is 34.2 Å². The summed E-state index contributed by atoms with van der Waals surface area (Å²) in [5.41, 5.74) is 8.98. The van der Waals surface area contributed by atoms with Gasteiger partial charge in [0.15, 0.2) is 6.10 Å². The number of cyclic esters (lactones) is 2. The molecule has 33 heteroatoms. The van der Waals surface area contributed by atoms with E-state index in [0.717, 1.165) is 10.5 Å². The molecule has 0 fully saturated rings. The summed E-state index contributed by atoms with van der Waals surface area (Å²) in [6.45, 7) is 19.0. The summed E-state index contributed by atoms with van der Waals surface area (Å²) >= 11 is 0. The second-order valence-corrected chi connectivity index (χ2v) is 30.0. The number of amides is 13. The number of hydrogen-bond acceptors (Lipinski definition) is 20. The maximum atomic E-state index is 14.4. The summed E-state index contributed by atoms with van der Waals surface area (Å²) in [4.78, 5) is 196. The molecule has 1 unspecified atom stereocenters. The Morgan fingerprint density at radius 2 is 1.21 bits per heavy atom. The number of nitrogens with zero attached hydrogens (tertiary/aromatic N) is 4. The SMILES string of the molecule is C/C=C(\C)[C@H]1OC(=O)[C@@H](C)NC(=O)[C@H](C(C)CC)NC(=O)CN(C)C(=O)[C@@H](Cc2ccccc2)N(C)C(=O)[C@H](C)NC(=O)[C@@H](CC(C)C)OC(=O)/C(C)=C/C[C@H](OC(=O)N(C)CCN(C)C(=O)OCc2ccc(NC(=O)OCc3ccc(NC(=O)[C@H](CCCNC(N)=O)NC(=O)[C@@H](NC(=O)OCc4ccccc4)C(C)C)cc3)cc2)[C@@H]1C. The van der Waals surface area contributed by atoms with E-state index in [0.29, 0.717) is 40.1 Å². The van der Waals surface area contributed by atoms with Crippen LogP contribution in [0.2, 0.25) is 0 Å². The molecule has 0 saturated carbocycles. The van der Waals surface area contributed by atoms with Crippen molar-refractivity contribution in [3.05, 3.63) is 155 Å². The molecule has 33 nitrogen and oxygen atoms in total. The van der Waals surface area contributed by atoms with Crippen molar-refractivity contribution in [2.45, 2.75) is 196 Å². The van der Waals surface area contributed by atoms with Crippen LogP contribution >= 0.6 is 0 Å². The number of likely N-dealkylation sites (N-methyl/N-ethyl adjacent to an activating group) is 4. The third-order valence-electron chi connectivity index (χ3n) is 19.6. The average molecular weight is 1630 g/mol. The molecule has 13 amide bonds. The fourth-order valence-corrected chi connectivity index (χ4v) is 12.0. The van der Waals surface area contributed by atoms with Crippen LogP contribution in [0.25, 0.3) is 0 Å². The second kappa shape index (κ2) is 47.7. The molecule has 4 aromatic carbocycles. The quantitative estimate of drug-likeness (QED) is 0.0112. The topological polar surface area (TPSA) is 430 Å². The Morgan fingerprint density at radius 3 is 1.77 bits per heavy atom. The van der Waals surface area contributed by atoms with Crippen LogP contribution < -0.4 is 48.3 Å². The van der Waals surface area contributed by atoms with Crippen LogP contribution in [0.15, 0.2) is 132 Å². The molecular weight excluding hydrogens is 1510 g/mol. The molecule has 11 atom stereocenters. The van der Waals surface area contributed by atoms with Crippen LogP contribution in [-0.2, 0) is 97.8 Å². The van der Waals surface area contributed by atoms with E-state index in [2.05, 4.69) is 42.5 Å². The average Bonchev–Trinajstić information content (AvgIpc) is 0.834. The van der Waals surface area contributed by atoms with E-state index in [9.17, 15) is 67.1 Å². The Kier molecular flexibility index (Phi) is 39.0. The first-order valence-electron chi connectivity index (χ1n) is 39.1. The Balaban J connectivity index is 1.22. The van der Waals surface area contributed by atoms with Crippen molar-refractivity contribution < 1.29 is 95.5 Å². The summed E-state index contributed by atoms with van der Waals surface area (Å²) in [5.74, 6) is -8.52. The molecule has 4 aromatic rings. The highest BCUT2D eigenvalue weighted by Crippen LogP contribution is 2.28. The summed E-state index contributed by atoms with van der Waals surface area (Å²) < 4.78 is 34.6. The highest BCUT2D eigenvalue weighted by atomic mass is 16.6.